The molecule has 4 N–H and O–H groups in total. The van der Waals surface area contributed by atoms with E-state index in [2.05, 4.69) is 4.98 Å². The van der Waals surface area contributed by atoms with Crippen LogP contribution in [0.15, 0.2) is 18.3 Å². The molecule has 0 aliphatic rings. The van der Waals surface area contributed by atoms with E-state index in [1.807, 2.05) is 11.9 Å². The molecule has 0 saturated carbocycles. The number of likely N-dealkylation sites (N-methyl/N-ethyl adjacent to an activating group) is 1. The number of nitrogens with two attached hydrogens (primary N) is 1. The second kappa shape index (κ2) is 5.65. The Morgan fingerprint density at radius 1 is 1.53 bits per heavy atom. The van der Waals surface area contributed by atoms with Gasteiger partial charge in [-0.2, -0.15) is 0 Å². The lowest BCUT2D eigenvalue weighted by atomic mass is 10.1. The molecule has 15 heavy (non-hydrogen) atoms. The van der Waals surface area contributed by atoms with Crippen LogP contribution in [0.1, 0.15) is 11.7 Å². The van der Waals surface area contributed by atoms with Crippen molar-refractivity contribution in [2.24, 2.45) is 0 Å². The summed E-state index contributed by atoms with van der Waals surface area (Å²) < 4.78 is 0. The lowest BCUT2D eigenvalue weighted by Gasteiger charge is -2.19. The number of pyridine rings is 1. The highest BCUT2D eigenvalue weighted by molar-refractivity contribution is 5.30. The Morgan fingerprint density at radius 3 is 2.80 bits per heavy atom. The Hall–Kier alpha value is -1.17. The fraction of sp³-hybridized carbons (Fsp3) is 0.500. The second-order valence-corrected chi connectivity index (χ2v) is 3.52. The van der Waals surface area contributed by atoms with Gasteiger partial charge in [0.15, 0.2) is 0 Å². The Bertz CT molecular complexity index is 289. The summed E-state index contributed by atoms with van der Waals surface area (Å²) in [5.74, 6) is 0.440. The van der Waals surface area contributed by atoms with Crippen LogP contribution in [0.3, 0.4) is 0 Å². The minimum absolute atomic E-state index is 0.0865. The molecule has 0 bridgehead atoms. The summed E-state index contributed by atoms with van der Waals surface area (Å²) in [6.45, 7) is 1.09. The summed E-state index contributed by atoms with van der Waals surface area (Å²) in [5.41, 5.74) is 6.17. The average Bonchev–Trinajstić information content (AvgIpc) is 2.18. The largest absolute Gasteiger partial charge is 0.395 e. The molecule has 0 fully saturated rings. The van der Waals surface area contributed by atoms with Crippen molar-refractivity contribution in [2.45, 2.75) is 6.10 Å². The van der Waals surface area contributed by atoms with Crippen LogP contribution in [0, 0.1) is 0 Å². The Balaban J connectivity index is 2.53. The van der Waals surface area contributed by atoms with E-state index in [1.54, 1.807) is 18.3 Å². The molecule has 0 aromatic carbocycles. The molecule has 0 spiro atoms. The highest BCUT2D eigenvalue weighted by atomic mass is 16.3. The smallest absolute Gasteiger partial charge is 0.123 e. The number of aromatic nitrogens is 1. The maximum absolute atomic E-state index is 9.80. The minimum atomic E-state index is -0.602. The molecule has 0 saturated heterocycles. The summed E-state index contributed by atoms with van der Waals surface area (Å²) in [5, 5.41) is 18.5. The van der Waals surface area contributed by atoms with E-state index in [1.165, 1.54) is 0 Å². The summed E-state index contributed by atoms with van der Waals surface area (Å²) in [4.78, 5) is 5.75. The standard InChI is InChI=1S/C10H17N3O2/c1-13(4-5-14)7-9(15)8-2-3-10(11)12-6-8/h2-3,6,9,14-15H,4-5,7H2,1H3,(H2,11,12). The highest BCUT2D eigenvalue weighted by Crippen LogP contribution is 2.13. The van der Waals surface area contributed by atoms with E-state index in [-0.39, 0.29) is 6.61 Å². The number of nitrogens with zero attached hydrogens (tertiary/aromatic N) is 2. The summed E-state index contributed by atoms with van der Waals surface area (Å²) in [6.07, 6.45) is 0.960. The Labute approximate surface area is 89.2 Å². The number of hydrogen-bond acceptors (Lipinski definition) is 5. The summed E-state index contributed by atoms with van der Waals surface area (Å²) >= 11 is 0. The van der Waals surface area contributed by atoms with Gasteiger partial charge in [-0.15, -0.1) is 0 Å². The van der Waals surface area contributed by atoms with Gasteiger partial charge in [-0.25, -0.2) is 4.98 Å². The second-order valence-electron chi connectivity index (χ2n) is 3.52. The van der Waals surface area contributed by atoms with Gasteiger partial charge in [-0.3, -0.25) is 0 Å². The van der Waals surface area contributed by atoms with Crippen LogP contribution in [0.5, 0.6) is 0 Å². The quantitative estimate of drug-likeness (QED) is 0.618. The third-order valence-corrected chi connectivity index (χ3v) is 2.16. The van der Waals surface area contributed by atoms with Crippen molar-refractivity contribution < 1.29 is 10.2 Å². The van der Waals surface area contributed by atoms with Gasteiger partial charge < -0.3 is 20.8 Å². The van der Waals surface area contributed by atoms with Crippen LogP contribution in [0.25, 0.3) is 0 Å². The average molecular weight is 211 g/mol. The van der Waals surface area contributed by atoms with Crippen molar-refractivity contribution in [1.29, 1.82) is 0 Å². The van der Waals surface area contributed by atoms with Crippen LogP contribution in [0.2, 0.25) is 0 Å². The van der Waals surface area contributed by atoms with Gasteiger partial charge in [-0.05, 0) is 13.1 Å². The molecule has 1 heterocycles. The first-order valence-corrected chi connectivity index (χ1v) is 4.82. The SMILES string of the molecule is CN(CCO)CC(O)c1ccc(N)nc1. The van der Waals surface area contributed by atoms with Crippen molar-refractivity contribution in [1.82, 2.24) is 9.88 Å². The van der Waals surface area contributed by atoms with E-state index in [0.29, 0.717) is 18.9 Å². The first kappa shape index (κ1) is 11.9. The van der Waals surface area contributed by atoms with E-state index in [4.69, 9.17) is 10.8 Å². The lowest BCUT2D eigenvalue weighted by Crippen LogP contribution is -2.27. The predicted octanol–water partition coefficient (Wildman–Crippen LogP) is -0.379. The Morgan fingerprint density at radius 2 is 2.27 bits per heavy atom. The van der Waals surface area contributed by atoms with Gasteiger partial charge in [0.25, 0.3) is 0 Å². The third kappa shape index (κ3) is 3.83. The van der Waals surface area contributed by atoms with Gasteiger partial charge in [-0.1, -0.05) is 6.07 Å². The van der Waals surface area contributed by atoms with Gasteiger partial charge >= 0.3 is 0 Å². The van der Waals surface area contributed by atoms with Crippen molar-refractivity contribution >= 4 is 5.82 Å². The fourth-order valence-electron chi connectivity index (χ4n) is 1.28. The predicted molar refractivity (Wildman–Crippen MR) is 58.2 cm³/mol. The first-order chi connectivity index (χ1) is 7.13. The number of aliphatic hydroxyl groups excluding tert-OH is 2. The molecule has 1 atom stereocenters. The topological polar surface area (TPSA) is 82.6 Å². The van der Waals surface area contributed by atoms with Crippen LogP contribution in [0.4, 0.5) is 5.82 Å². The third-order valence-electron chi connectivity index (χ3n) is 2.16. The van der Waals surface area contributed by atoms with Crippen LogP contribution in [-0.2, 0) is 0 Å². The molecule has 1 aromatic heterocycles. The lowest BCUT2D eigenvalue weighted by molar-refractivity contribution is 0.115. The van der Waals surface area contributed by atoms with E-state index >= 15 is 0 Å². The van der Waals surface area contributed by atoms with E-state index in [9.17, 15) is 5.11 Å². The van der Waals surface area contributed by atoms with Crippen molar-refractivity contribution in [3.63, 3.8) is 0 Å². The molecule has 0 radical (unpaired) electrons. The zero-order valence-electron chi connectivity index (χ0n) is 8.80. The normalized spacial score (nSPS) is 13.1. The number of hydrogen-bond donors (Lipinski definition) is 3. The van der Waals surface area contributed by atoms with Crippen LogP contribution >= 0.6 is 0 Å². The zero-order valence-corrected chi connectivity index (χ0v) is 8.80. The van der Waals surface area contributed by atoms with Crippen LogP contribution in [-0.4, -0.2) is 46.8 Å². The molecule has 5 nitrogen and oxygen atoms in total. The molecule has 0 amide bonds. The molecule has 5 heteroatoms. The minimum Gasteiger partial charge on any atom is -0.395 e. The van der Waals surface area contributed by atoms with Crippen LogP contribution < -0.4 is 5.73 Å². The summed E-state index contributed by atoms with van der Waals surface area (Å²) in [7, 11) is 1.84. The van der Waals surface area contributed by atoms with Crippen molar-refractivity contribution in [3.8, 4) is 0 Å². The van der Waals surface area contributed by atoms with E-state index < -0.39 is 6.10 Å². The number of nitrogen functional groups attached to an aromatic ring is 1. The molecule has 0 aliphatic heterocycles. The maximum atomic E-state index is 9.80. The van der Waals surface area contributed by atoms with Gasteiger partial charge in [0, 0.05) is 24.8 Å². The van der Waals surface area contributed by atoms with Crippen molar-refractivity contribution in [2.75, 3.05) is 32.5 Å². The fourth-order valence-corrected chi connectivity index (χ4v) is 1.28. The number of aliphatic hydroxyl groups is 2. The number of anilines is 1. The number of rotatable bonds is 5. The molecule has 1 rings (SSSR count). The molecular formula is C10H17N3O2. The summed E-state index contributed by atoms with van der Waals surface area (Å²) in [6, 6.07) is 3.41. The zero-order chi connectivity index (χ0) is 11.3. The van der Waals surface area contributed by atoms with Gasteiger partial charge in [0.05, 0.1) is 12.7 Å². The van der Waals surface area contributed by atoms with Gasteiger partial charge in [0.2, 0.25) is 0 Å². The molecular weight excluding hydrogens is 194 g/mol. The molecule has 1 unspecified atom stereocenters. The Kier molecular flexibility index (Phi) is 4.48. The monoisotopic (exact) mass is 211 g/mol. The van der Waals surface area contributed by atoms with Gasteiger partial charge in [0.1, 0.15) is 5.82 Å². The maximum Gasteiger partial charge on any atom is 0.123 e. The highest BCUT2D eigenvalue weighted by Gasteiger charge is 2.10. The molecule has 0 aliphatic carbocycles. The first-order valence-electron chi connectivity index (χ1n) is 4.82. The van der Waals surface area contributed by atoms with E-state index in [0.717, 1.165) is 5.56 Å². The molecule has 1 aromatic rings. The van der Waals surface area contributed by atoms with Crippen molar-refractivity contribution in [3.05, 3.63) is 23.9 Å². The molecule has 84 valence electrons.